The molecule has 0 spiro atoms. The molecule has 0 unspecified atom stereocenters. The molecule has 0 bridgehead atoms. The first-order chi connectivity index (χ1) is 16.2. The Morgan fingerprint density at radius 3 is 2.18 bits per heavy atom. The number of methoxy groups -OCH3 is 1. The highest BCUT2D eigenvalue weighted by Crippen LogP contribution is 2.40. The molecule has 13 nitrogen and oxygen atoms in total. The van der Waals surface area contributed by atoms with Gasteiger partial charge in [0.25, 0.3) is 16.8 Å². The van der Waals surface area contributed by atoms with E-state index in [1.807, 2.05) is 18.7 Å². The summed E-state index contributed by atoms with van der Waals surface area (Å²) in [5.41, 5.74) is -0.878. The van der Waals surface area contributed by atoms with Crippen molar-refractivity contribution in [1.82, 2.24) is 10.2 Å². The minimum atomic E-state index is -0.729. The van der Waals surface area contributed by atoms with E-state index < -0.39 is 21.7 Å². The molecule has 0 atom stereocenters. The summed E-state index contributed by atoms with van der Waals surface area (Å²) in [5, 5.41) is 26.4. The quantitative estimate of drug-likeness (QED) is 0.257. The minimum Gasteiger partial charge on any atom is -0.494 e. The Morgan fingerprint density at radius 2 is 1.65 bits per heavy atom. The Labute approximate surface area is 192 Å². The van der Waals surface area contributed by atoms with Gasteiger partial charge in [-0.1, -0.05) is 0 Å². The van der Waals surface area contributed by atoms with Crippen LogP contribution in [0.1, 0.15) is 20.8 Å². The number of fused-ring (bicyclic) bond motifs is 1. The van der Waals surface area contributed by atoms with Gasteiger partial charge in [-0.3, -0.25) is 34.7 Å². The molecule has 1 aromatic heterocycles. The highest BCUT2D eigenvalue weighted by molar-refractivity contribution is 5.94. The fraction of sp³-hybridized carbons (Fsp3) is 0.286. The fourth-order valence-corrected chi connectivity index (χ4v) is 3.44. The Bertz CT molecular complexity index is 1410. The Hall–Kier alpha value is -4.55. The Kier molecular flexibility index (Phi) is 7.04. The number of benzene rings is 2. The lowest BCUT2D eigenvalue weighted by Gasteiger charge is -2.24. The number of carbonyl (C=O) groups is 1. The SMILES string of the molecule is CCN(CC)c1cc(NC(C)=O)c(N=Nc2cc3c(=O)[nH][nH]c(=O)c3cc2[N+](=O)[O-])cc1OC. The lowest BCUT2D eigenvalue weighted by Crippen LogP contribution is -2.22. The number of carbonyl (C=O) groups excluding carboxylic acids is 1. The van der Waals surface area contributed by atoms with Gasteiger partial charge in [-0.25, -0.2) is 0 Å². The van der Waals surface area contributed by atoms with E-state index in [0.717, 1.165) is 17.8 Å². The molecule has 3 aromatic rings. The van der Waals surface area contributed by atoms with Crippen LogP contribution in [0.3, 0.4) is 0 Å². The summed E-state index contributed by atoms with van der Waals surface area (Å²) in [6.07, 6.45) is 0. The number of nitro groups is 1. The van der Waals surface area contributed by atoms with Crippen LogP contribution in [0, 0.1) is 10.1 Å². The molecule has 0 aliphatic carbocycles. The fourth-order valence-electron chi connectivity index (χ4n) is 3.44. The highest BCUT2D eigenvalue weighted by atomic mass is 16.6. The van der Waals surface area contributed by atoms with Gasteiger partial charge in [0, 0.05) is 32.1 Å². The van der Waals surface area contributed by atoms with Crippen molar-refractivity contribution in [3.63, 3.8) is 0 Å². The van der Waals surface area contributed by atoms with Crippen LogP contribution in [0.15, 0.2) is 44.1 Å². The standard InChI is InChI=1S/C21H23N7O6/c1-5-27(6-2)18-9-14(22-11(3)29)15(10-19(18)34-4)23-24-16-7-12-13(8-17(16)28(32)33)21(31)26-25-20(12)30/h7-10H,5-6H2,1-4H3,(H,22,29)(H,25,30)(H,26,31). The van der Waals surface area contributed by atoms with Crippen LogP contribution in [0.2, 0.25) is 0 Å². The van der Waals surface area contributed by atoms with E-state index in [1.54, 1.807) is 12.1 Å². The molecule has 3 N–H and O–H groups in total. The van der Waals surface area contributed by atoms with Crippen LogP contribution >= 0.6 is 0 Å². The third kappa shape index (κ3) is 4.77. The van der Waals surface area contributed by atoms with Gasteiger partial charge in [0.15, 0.2) is 5.69 Å². The van der Waals surface area contributed by atoms with Crippen molar-refractivity contribution in [2.45, 2.75) is 20.8 Å². The molecule has 34 heavy (non-hydrogen) atoms. The number of aromatic amines is 2. The molecule has 2 aromatic carbocycles. The maximum absolute atomic E-state index is 12.1. The van der Waals surface area contributed by atoms with E-state index in [9.17, 15) is 24.5 Å². The lowest BCUT2D eigenvalue weighted by molar-refractivity contribution is -0.384. The van der Waals surface area contributed by atoms with Gasteiger partial charge in [-0.15, -0.1) is 10.2 Å². The van der Waals surface area contributed by atoms with Crippen molar-refractivity contribution in [1.29, 1.82) is 0 Å². The smallest absolute Gasteiger partial charge is 0.297 e. The topological polar surface area (TPSA) is 175 Å². The number of H-pyrrole nitrogens is 2. The number of anilines is 2. The van der Waals surface area contributed by atoms with Crippen molar-refractivity contribution in [3.05, 3.63) is 55.1 Å². The van der Waals surface area contributed by atoms with Crippen LogP contribution in [0.5, 0.6) is 5.75 Å². The highest BCUT2D eigenvalue weighted by Gasteiger charge is 2.19. The molecule has 178 valence electrons. The van der Waals surface area contributed by atoms with Crippen LogP contribution in [-0.2, 0) is 4.79 Å². The second kappa shape index (κ2) is 9.94. The maximum Gasteiger partial charge on any atom is 0.297 e. The normalized spacial score (nSPS) is 11.1. The third-order valence-electron chi connectivity index (χ3n) is 5.07. The van der Waals surface area contributed by atoms with Crippen molar-refractivity contribution in [2.75, 3.05) is 30.4 Å². The molecule has 1 amide bonds. The number of amides is 1. The summed E-state index contributed by atoms with van der Waals surface area (Å²) in [5.74, 6) is 0.109. The van der Waals surface area contributed by atoms with Gasteiger partial charge in [0.05, 0.1) is 34.2 Å². The number of ether oxygens (including phenoxy) is 1. The zero-order chi connectivity index (χ0) is 25.0. The maximum atomic E-state index is 12.1. The Morgan fingerprint density at radius 1 is 1.06 bits per heavy atom. The zero-order valence-corrected chi connectivity index (χ0v) is 19.0. The van der Waals surface area contributed by atoms with Crippen molar-refractivity contribution < 1.29 is 14.5 Å². The van der Waals surface area contributed by atoms with Crippen LogP contribution in [-0.4, -0.2) is 41.2 Å². The van der Waals surface area contributed by atoms with Crippen molar-refractivity contribution >= 4 is 45.1 Å². The molecular weight excluding hydrogens is 446 g/mol. The van der Waals surface area contributed by atoms with Crippen LogP contribution in [0.4, 0.5) is 28.4 Å². The summed E-state index contributed by atoms with van der Waals surface area (Å²) >= 11 is 0. The van der Waals surface area contributed by atoms with Gasteiger partial charge in [-0.2, -0.15) is 0 Å². The summed E-state index contributed by atoms with van der Waals surface area (Å²) in [4.78, 5) is 48.8. The van der Waals surface area contributed by atoms with E-state index in [4.69, 9.17) is 4.74 Å². The molecule has 0 aliphatic rings. The number of nitro benzene ring substituents is 1. The number of nitrogens with one attached hydrogen (secondary N) is 3. The average molecular weight is 469 g/mol. The first kappa shape index (κ1) is 24.1. The lowest BCUT2D eigenvalue weighted by atomic mass is 10.1. The summed E-state index contributed by atoms with van der Waals surface area (Å²) in [7, 11) is 1.49. The zero-order valence-electron chi connectivity index (χ0n) is 19.0. The minimum absolute atomic E-state index is 0.0835. The van der Waals surface area contributed by atoms with E-state index in [2.05, 4.69) is 25.7 Å². The van der Waals surface area contributed by atoms with E-state index >= 15 is 0 Å². The predicted octanol–water partition coefficient (Wildman–Crippen LogP) is 3.35. The molecule has 1 heterocycles. The number of rotatable bonds is 8. The van der Waals surface area contributed by atoms with Crippen LogP contribution < -0.4 is 26.1 Å². The largest absolute Gasteiger partial charge is 0.494 e. The summed E-state index contributed by atoms with van der Waals surface area (Å²) < 4.78 is 5.48. The van der Waals surface area contributed by atoms with E-state index in [-0.39, 0.29) is 28.1 Å². The first-order valence-electron chi connectivity index (χ1n) is 10.3. The monoisotopic (exact) mass is 469 g/mol. The van der Waals surface area contributed by atoms with Gasteiger partial charge >= 0.3 is 0 Å². The second-order valence-electron chi connectivity index (χ2n) is 7.15. The number of hydrogen-bond acceptors (Lipinski definition) is 9. The Balaban J connectivity index is 2.21. The number of hydrogen-bond donors (Lipinski definition) is 3. The number of aromatic nitrogens is 2. The van der Waals surface area contributed by atoms with Crippen LogP contribution in [0.25, 0.3) is 10.8 Å². The average Bonchev–Trinajstić information content (AvgIpc) is 2.80. The molecular formula is C21H23N7O6. The number of azo groups is 1. The molecule has 3 rings (SSSR count). The van der Waals surface area contributed by atoms with Crippen molar-refractivity contribution in [2.24, 2.45) is 10.2 Å². The van der Waals surface area contributed by atoms with E-state index in [1.165, 1.54) is 14.0 Å². The van der Waals surface area contributed by atoms with Gasteiger partial charge < -0.3 is 15.0 Å². The van der Waals surface area contributed by atoms with Gasteiger partial charge in [-0.05, 0) is 26.0 Å². The van der Waals surface area contributed by atoms with Gasteiger partial charge in [0.2, 0.25) is 5.91 Å². The predicted molar refractivity (Wildman–Crippen MR) is 127 cm³/mol. The molecule has 0 fully saturated rings. The summed E-state index contributed by atoms with van der Waals surface area (Å²) in [6, 6.07) is 5.31. The summed E-state index contributed by atoms with van der Waals surface area (Å²) in [6.45, 7) is 6.65. The molecule has 0 aliphatic heterocycles. The molecule has 13 heteroatoms. The van der Waals surface area contributed by atoms with Crippen molar-refractivity contribution in [3.8, 4) is 5.75 Å². The molecule has 0 radical (unpaired) electrons. The van der Waals surface area contributed by atoms with Gasteiger partial charge in [0.1, 0.15) is 11.4 Å². The number of nitrogens with zero attached hydrogens (tertiary/aromatic N) is 4. The van der Waals surface area contributed by atoms with E-state index in [0.29, 0.717) is 24.5 Å². The molecule has 0 saturated heterocycles. The first-order valence-corrected chi connectivity index (χ1v) is 10.3. The second-order valence-corrected chi connectivity index (χ2v) is 7.15. The third-order valence-corrected chi connectivity index (χ3v) is 5.07. The molecule has 0 saturated carbocycles.